The summed E-state index contributed by atoms with van der Waals surface area (Å²) < 4.78 is 5.05. The van der Waals surface area contributed by atoms with E-state index < -0.39 is 17.4 Å². The van der Waals surface area contributed by atoms with Crippen LogP contribution in [0.25, 0.3) is 10.8 Å². The van der Waals surface area contributed by atoms with Gasteiger partial charge in [-0.15, -0.1) is 0 Å². The van der Waals surface area contributed by atoms with Crippen LogP contribution in [0, 0.1) is 0 Å². The van der Waals surface area contributed by atoms with Gasteiger partial charge in [-0.2, -0.15) is 5.10 Å². The molecule has 25 heavy (non-hydrogen) atoms. The lowest BCUT2D eigenvalue weighted by Gasteiger charge is -2.09. The van der Waals surface area contributed by atoms with Gasteiger partial charge in [0.15, 0.2) is 5.69 Å². The summed E-state index contributed by atoms with van der Waals surface area (Å²) in [6.07, 6.45) is 0. The van der Waals surface area contributed by atoms with Crippen molar-refractivity contribution >= 4 is 22.6 Å². The standard InChI is InChI=1S/C17H14N4O4/c1-25-11-6-4-5-10(9-11)15(22)19-21-17(24)14-12-7-2-3-8-13(12)16(23)20-18-14/h2-9H,1H3,(H,19,22)(H,20,23)(H,21,24). The molecule has 0 aliphatic rings. The summed E-state index contributed by atoms with van der Waals surface area (Å²) in [5.41, 5.74) is 4.51. The van der Waals surface area contributed by atoms with Crippen LogP contribution in [0.2, 0.25) is 0 Å². The number of hydrogen-bond acceptors (Lipinski definition) is 5. The van der Waals surface area contributed by atoms with Crippen molar-refractivity contribution in [3.8, 4) is 5.75 Å². The first-order valence-corrected chi connectivity index (χ1v) is 7.32. The van der Waals surface area contributed by atoms with Crippen molar-refractivity contribution in [2.45, 2.75) is 0 Å². The van der Waals surface area contributed by atoms with Crippen LogP contribution >= 0.6 is 0 Å². The molecule has 0 fully saturated rings. The molecule has 0 unspecified atom stereocenters. The molecule has 0 saturated heterocycles. The summed E-state index contributed by atoms with van der Waals surface area (Å²) in [5, 5.41) is 6.75. The van der Waals surface area contributed by atoms with Crippen LogP contribution in [0.1, 0.15) is 20.8 Å². The molecule has 0 aliphatic heterocycles. The molecule has 2 amide bonds. The van der Waals surface area contributed by atoms with Crippen molar-refractivity contribution in [2.24, 2.45) is 0 Å². The number of ether oxygens (including phenoxy) is 1. The molecule has 3 rings (SSSR count). The summed E-state index contributed by atoms with van der Waals surface area (Å²) in [7, 11) is 1.49. The number of aromatic amines is 1. The lowest BCUT2D eigenvalue weighted by molar-refractivity contribution is 0.0844. The number of amides is 2. The molecule has 2 aromatic carbocycles. The number of rotatable bonds is 3. The monoisotopic (exact) mass is 338 g/mol. The predicted octanol–water partition coefficient (Wildman–Crippen LogP) is 1.01. The molecule has 3 N–H and O–H groups in total. The topological polar surface area (TPSA) is 113 Å². The maximum atomic E-state index is 12.3. The average molecular weight is 338 g/mol. The first-order valence-electron chi connectivity index (χ1n) is 7.32. The zero-order valence-corrected chi connectivity index (χ0v) is 13.2. The van der Waals surface area contributed by atoms with Crippen LogP contribution < -0.4 is 21.1 Å². The third-order valence-electron chi connectivity index (χ3n) is 3.53. The lowest BCUT2D eigenvalue weighted by atomic mass is 10.1. The van der Waals surface area contributed by atoms with Gasteiger partial charge in [0.25, 0.3) is 17.4 Å². The molecule has 126 valence electrons. The highest BCUT2D eigenvalue weighted by Crippen LogP contribution is 2.13. The third kappa shape index (κ3) is 3.32. The van der Waals surface area contributed by atoms with E-state index in [2.05, 4.69) is 21.0 Å². The van der Waals surface area contributed by atoms with Crippen molar-refractivity contribution in [1.82, 2.24) is 21.0 Å². The number of H-pyrrole nitrogens is 1. The van der Waals surface area contributed by atoms with E-state index in [1.165, 1.54) is 13.2 Å². The maximum absolute atomic E-state index is 12.3. The van der Waals surface area contributed by atoms with E-state index in [1.54, 1.807) is 42.5 Å². The molecule has 0 saturated carbocycles. The number of carbonyl (C=O) groups excluding carboxylic acids is 2. The third-order valence-corrected chi connectivity index (χ3v) is 3.53. The minimum absolute atomic E-state index is 0.00106. The minimum atomic E-state index is -0.649. The van der Waals surface area contributed by atoms with E-state index in [1.807, 2.05) is 0 Å². The number of benzene rings is 2. The maximum Gasteiger partial charge on any atom is 0.290 e. The summed E-state index contributed by atoms with van der Waals surface area (Å²) in [5.74, 6) is -0.642. The van der Waals surface area contributed by atoms with Crippen molar-refractivity contribution in [2.75, 3.05) is 7.11 Å². The molecule has 0 radical (unpaired) electrons. The number of aromatic nitrogens is 2. The van der Waals surface area contributed by atoms with E-state index in [0.717, 1.165) is 0 Å². The van der Waals surface area contributed by atoms with Gasteiger partial charge in [0.2, 0.25) is 0 Å². The Morgan fingerprint density at radius 3 is 2.48 bits per heavy atom. The van der Waals surface area contributed by atoms with Crippen LogP contribution in [-0.4, -0.2) is 29.1 Å². The number of hydrazine groups is 1. The zero-order valence-electron chi connectivity index (χ0n) is 13.2. The second kappa shape index (κ2) is 6.83. The SMILES string of the molecule is COc1cccc(C(=O)NNC(=O)c2n[nH]c(=O)c3ccccc23)c1. The second-order valence-electron chi connectivity index (χ2n) is 5.09. The Balaban J connectivity index is 1.78. The Hall–Kier alpha value is -3.68. The normalized spacial score (nSPS) is 10.3. The Labute approximate surface area is 141 Å². The van der Waals surface area contributed by atoms with Crippen LogP contribution in [0.3, 0.4) is 0 Å². The van der Waals surface area contributed by atoms with Gasteiger partial charge in [0.05, 0.1) is 12.5 Å². The summed E-state index contributed by atoms with van der Waals surface area (Å²) in [4.78, 5) is 36.1. The number of nitrogens with one attached hydrogen (secondary N) is 3. The fourth-order valence-electron chi connectivity index (χ4n) is 2.30. The number of carbonyl (C=O) groups is 2. The van der Waals surface area contributed by atoms with E-state index in [0.29, 0.717) is 22.1 Å². The molecule has 8 nitrogen and oxygen atoms in total. The molecular weight excluding hydrogens is 324 g/mol. The molecule has 0 spiro atoms. The van der Waals surface area contributed by atoms with Gasteiger partial charge in [-0.3, -0.25) is 25.2 Å². The molecule has 1 heterocycles. The predicted molar refractivity (Wildman–Crippen MR) is 90.3 cm³/mol. The van der Waals surface area contributed by atoms with Crippen LogP contribution in [0.15, 0.2) is 53.3 Å². The van der Waals surface area contributed by atoms with Crippen molar-refractivity contribution in [3.63, 3.8) is 0 Å². The highest BCUT2D eigenvalue weighted by atomic mass is 16.5. The van der Waals surface area contributed by atoms with Gasteiger partial charge >= 0.3 is 0 Å². The number of fused-ring (bicyclic) bond motifs is 1. The minimum Gasteiger partial charge on any atom is -0.497 e. The first kappa shape index (κ1) is 16.2. The number of nitrogens with zero attached hydrogens (tertiary/aromatic N) is 1. The van der Waals surface area contributed by atoms with Gasteiger partial charge in [-0.25, -0.2) is 5.10 Å². The van der Waals surface area contributed by atoms with Gasteiger partial charge in [-0.05, 0) is 24.3 Å². The van der Waals surface area contributed by atoms with Crippen molar-refractivity contribution in [3.05, 3.63) is 70.1 Å². The molecular formula is C17H14N4O4. The fourth-order valence-corrected chi connectivity index (χ4v) is 2.30. The number of methoxy groups -OCH3 is 1. The fraction of sp³-hybridized carbons (Fsp3) is 0.0588. The van der Waals surface area contributed by atoms with E-state index in [-0.39, 0.29) is 5.69 Å². The highest BCUT2D eigenvalue weighted by Gasteiger charge is 2.15. The summed E-state index contributed by atoms with van der Waals surface area (Å²) in [6.45, 7) is 0. The molecule has 0 aliphatic carbocycles. The van der Waals surface area contributed by atoms with Crippen LogP contribution in [-0.2, 0) is 0 Å². The Kier molecular flexibility index (Phi) is 4.42. The van der Waals surface area contributed by atoms with Crippen molar-refractivity contribution in [1.29, 1.82) is 0 Å². The van der Waals surface area contributed by atoms with E-state index in [9.17, 15) is 14.4 Å². The van der Waals surface area contributed by atoms with Crippen LogP contribution in [0.5, 0.6) is 5.75 Å². The van der Waals surface area contributed by atoms with Gasteiger partial charge in [-0.1, -0.05) is 24.3 Å². The first-order chi connectivity index (χ1) is 12.1. The highest BCUT2D eigenvalue weighted by molar-refractivity contribution is 6.05. The van der Waals surface area contributed by atoms with Gasteiger partial charge in [0.1, 0.15) is 5.75 Å². The molecule has 0 atom stereocenters. The Morgan fingerprint density at radius 1 is 1.00 bits per heavy atom. The molecule has 8 heteroatoms. The lowest BCUT2D eigenvalue weighted by Crippen LogP contribution is -2.42. The van der Waals surface area contributed by atoms with E-state index in [4.69, 9.17) is 4.74 Å². The van der Waals surface area contributed by atoms with Gasteiger partial charge < -0.3 is 4.74 Å². The van der Waals surface area contributed by atoms with E-state index >= 15 is 0 Å². The summed E-state index contributed by atoms with van der Waals surface area (Å²) in [6, 6.07) is 13.0. The average Bonchev–Trinajstić information content (AvgIpc) is 2.66. The second-order valence-corrected chi connectivity index (χ2v) is 5.09. The Morgan fingerprint density at radius 2 is 1.72 bits per heavy atom. The van der Waals surface area contributed by atoms with Crippen LogP contribution in [0.4, 0.5) is 0 Å². The molecule has 1 aromatic heterocycles. The van der Waals surface area contributed by atoms with Gasteiger partial charge in [0, 0.05) is 10.9 Å². The zero-order chi connectivity index (χ0) is 17.8. The summed E-state index contributed by atoms with van der Waals surface area (Å²) >= 11 is 0. The molecule has 3 aromatic rings. The number of hydrogen-bond donors (Lipinski definition) is 3. The molecule has 0 bridgehead atoms. The smallest absolute Gasteiger partial charge is 0.290 e. The van der Waals surface area contributed by atoms with Crippen molar-refractivity contribution < 1.29 is 14.3 Å². The Bertz CT molecular complexity index is 1010. The quantitative estimate of drug-likeness (QED) is 0.617. The largest absolute Gasteiger partial charge is 0.497 e.